The first-order valence-electron chi connectivity index (χ1n) is 10.6. The van der Waals surface area contributed by atoms with Crippen LogP contribution in [0.15, 0.2) is 35.3 Å². The molecular weight excluding hydrogens is 430 g/mol. The number of hydrogen-bond acceptors (Lipinski definition) is 7. The van der Waals surface area contributed by atoms with E-state index in [0.717, 1.165) is 35.1 Å². The highest BCUT2D eigenvalue weighted by atomic mass is 35.5. The molecule has 162 valence electrons. The van der Waals surface area contributed by atoms with Gasteiger partial charge in [0.25, 0.3) is 5.56 Å². The molecular formula is C23H20ClN5O3. The predicted molar refractivity (Wildman–Crippen MR) is 120 cm³/mol. The van der Waals surface area contributed by atoms with Gasteiger partial charge in [0.15, 0.2) is 6.29 Å². The monoisotopic (exact) mass is 449 g/mol. The number of nitrogens with one attached hydrogen (secondary N) is 2. The number of ether oxygens (including phenoxy) is 2. The molecule has 3 aromatic rings. The van der Waals surface area contributed by atoms with Gasteiger partial charge in [0.05, 0.1) is 35.1 Å². The lowest BCUT2D eigenvalue weighted by Gasteiger charge is -2.25. The molecule has 32 heavy (non-hydrogen) atoms. The van der Waals surface area contributed by atoms with Crippen LogP contribution in [0.2, 0.25) is 5.15 Å². The molecule has 2 fully saturated rings. The van der Waals surface area contributed by atoms with Crippen molar-refractivity contribution in [1.29, 1.82) is 5.26 Å². The number of nitriles is 1. The van der Waals surface area contributed by atoms with Gasteiger partial charge in [-0.15, -0.1) is 0 Å². The fourth-order valence-corrected chi connectivity index (χ4v) is 4.68. The molecule has 2 aliphatic heterocycles. The van der Waals surface area contributed by atoms with Crippen LogP contribution in [0.3, 0.4) is 0 Å². The molecule has 9 heteroatoms. The van der Waals surface area contributed by atoms with E-state index < -0.39 is 0 Å². The molecule has 1 aliphatic carbocycles. The highest BCUT2D eigenvalue weighted by molar-refractivity contribution is 6.31. The van der Waals surface area contributed by atoms with Crippen molar-refractivity contribution in [2.24, 2.45) is 13.0 Å². The van der Waals surface area contributed by atoms with Crippen LogP contribution in [0, 0.1) is 17.2 Å². The topological polar surface area (TPSA) is 105 Å². The summed E-state index contributed by atoms with van der Waals surface area (Å²) in [5, 5.41) is 17.4. The highest BCUT2D eigenvalue weighted by Crippen LogP contribution is 2.47. The molecule has 3 atom stereocenters. The van der Waals surface area contributed by atoms with E-state index in [1.165, 1.54) is 0 Å². The SMILES string of the molecule is Cn1c(=O)c2c(c3cc(Nc4ccnc(Cl)c4C#N)ccc31)N[C@@H](C1CC1)COC1OC21. The van der Waals surface area contributed by atoms with E-state index in [1.54, 1.807) is 23.9 Å². The van der Waals surface area contributed by atoms with E-state index >= 15 is 0 Å². The molecule has 1 aromatic carbocycles. The maximum Gasteiger partial charge on any atom is 0.258 e. The van der Waals surface area contributed by atoms with Gasteiger partial charge in [0.1, 0.15) is 22.9 Å². The Hall–Kier alpha value is -3.12. The Morgan fingerprint density at radius 2 is 2.19 bits per heavy atom. The van der Waals surface area contributed by atoms with Crippen LogP contribution < -0.4 is 16.2 Å². The Labute approximate surface area is 188 Å². The molecule has 2 N–H and O–H groups in total. The molecule has 0 spiro atoms. The van der Waals surface area contributed by atoms with Gasteiger partial charge in [-0.1, -0.05) is 11.6 Å². The maximum absolute atomic E-state index is 13.2. The minimum absolute atomic E-state index is 0.0825. The first-order chi connectivity index (χ1) is 15.5. The molecule has 6 rings (SSSR count). The summed E-state index contributed by atoms with van der Waals surface area (Å²) in [6.45, 7) is 0.557. The average molecular weight is 450 g/mol. The molecule has 0 bridgehead atoms. The zero-order chi connectivity index (χ0) is 22.0. The van der Waals surface area contributed by atoms with Gasteiger partial charge in [-0.2, -0.15) is 5.26 Å². The van der Waals surface area contributed by atoms with Crippen molar-refractivity contribution >= 4 is 39.6 Å². The fourth-order valence-electron chi connectivity index (χ4n) is 4.48. The van der Waals surface area contributed by atoms with E-state index in [4.69, 9.17) is 21.1 Å². The normalized spacial score (nSPS) is 23.8. The van der Waals surface area contributed by atoms with Crippen molar-refractivity contribution in [2.45, 2.75) is 31.3 Å². The summed E-state index contributed by atoms with van der Waals surface area (Å²) in [5.74, 6) is 0.538. The molecule has 0 radical (unpaired) electrons. The number of benzene rings is 1. The number of rotatable bonds is 3. The number of nitrogens with zero attached hydrogens (tertiary/aromatic N) is 3. The molecule has 8 nitrogen and oxygen atoms in total. The molecule has 2 unspecified atom stereocenters. The third kappa shape index (κ3) is 3.13. The van der Waals surface area contributed by atoms with Gasteiger partial charge < -0.3 is 24.7 Å². The Morgan fingerprint density at radius 3 is 2.97 bits per heavy atom. The summed E-state index contributed by atoms with van der Waals surface area (Å²) < 4.78 is 13.2. The lowest BCUT2D eigenvalue weighted by atomic mass is 10.0. The summed E-state index contributed by atoms with van der Waals surface area (Å²) in [6.07, 6.45) is 3.14. The number of anilines is 3. The van der Waals surface area contributed by atoms with Crippen molar-refractivity contribution in [2.75, 3.05) is 17.2 Å². The number of pyridine rings is 2. The van der Waals surface area contributed by atoms with Gasteiger partial charge in [-0.05, 0) is 43.0 Å². The molecule has 3 aliphatic rings. The average Bonchev–Trinajstić information content (AvgIpc) is 3.69. The Balaban J connectivity index is 1.51. The lowest BCUT2D eigenvalue weighted by molar-refractivity contribution is 0.0417. The zero-order valence-corrected chi connectivity index (χ0v) is 18.0. The van der Waals surface area contributed by atoms with E-state index in [9.17, 15) is 10.1 Å². The number of fused-ring (bicyclic) bond motifs is 5. The van der Waals surface area contributed by atoms with Crippen LogP contribution in [0.5, 0.6) is 0 Å². The second kappa shape index (κ2) is 7.20. The molecule has 2 aromatic heterocycles. The summed E-state index contributed by atoms with van der Waals surface area (Å²) in [7, 11) is 1.77. The first kappa shape index (κ1) is 19.6. The van der Waals surface area contributed by atoms with Gasteiger partial charge in [-0.3, -0.25) is 4.79 Å². The van der Waals surface area contributed by atoms with E-state index in [0.29, 0.717) is 23.8 Å². The smallest absolute Gasteiger partial charge is 0.258 e. The third-order valence-electron chi connectivity index (χ3n) is 6.42. The Morgan fingerprint density at radius 1 is 1.34 bits per heavy atom. The molecule has 4 heterocycles. The van der Waals surface area contributed by atoms with E-state index in [-0.39, 0.29) is 34.7 Å². The van der Waals surface area contributed by atoms with Gasteiger partial charge in [0.2, 0.25) is 0 Å². The summed E-state index contributed by atoms with van der Waals surface area (Å²) in [4.78, 5) is 17.2. The minimum atomic E-state index is -0.360. The lowest BCUT2D eigenvalue weighted by Crippen LogP contribution is -2.33. The summed E-state index contributed by atoms with van der Waals surface area (Å²) >= 11 is 6.08. The molecule has 0 amide bonds. The van der Waals surface area contributed by atoms with Crippen LogP contribution in [0.4, 0.5) is 17.1 Å². The fraction of sp³-hybridized carbons (Fsp3) is 0.348. The number of aromatic nitrogens is 2. The van der Waals surface area contributed by atoms with Crippen LogP contribution in [-0.2, 0) is 16.5 Å². The van der Waals surface area contributed by atoms with Gasteiger partial charge >= 0.3 is 0 Å². The van der Waals surface area contributed by atoms with Crippen molar-refractivity contribution in [1.82, 2.24) is 9.55 Å². The third-order valence-corrected chi connectivity index (χ3v) is 6.71. The summed E-state index contributed by atoms with van der Waals surface area (Å²) in [6, 6.07) is 9.71. The van der Waals surface area contributed by atoms with Crippen molar-refractivity contribution in [3.8, 4) is 6.07 Å². The number of epoxide rings is 1. The number of aryl methyl sites for hydroxylation is 1. The van der Waals surface area contributed by atoms with Gasteiger partial charge in [-0.25, -0.2) is 4.98 Å². The molecule has 1 saturated carbocycles. The van der Waals surface area contributed by atoms with Crippen LogP contribution in [-0.4, -0.2) is 28.5 Å². The molecule has 1 saturated heterocycles. The quantitative estimate of drug-likeness (QED) is 0.462. The Kier molecular flexibility index (Phi) is 4.40. The number of halogens is 1. The predicted octanol–water partition coefficient (Wildman–Crippen LogP) is 3.82. The van der Waals surface area contributed by atoms with Crippen LogP contribution >= 0.6 is 11.6 Å². The largest absolute Gasteiger partial charge is 0.379 e. The van der Waals surface area contributed by atoms with Crippen molar-refractivity contribution in [3.63, 3.8) is 0 Å². The van der Waals surface area contributed by atoms with Crippen molar-refractivity contribution < 1.29 is 9.47 Å². The standard InChI is InChI=1S/C23H20ClN5O3/c1-29-17-5-4-12(27-15-6-7-26-21(24)14(15)9-25)8-13(17)19-18(22(29)30)20-23(32-20)31-10-16(28-19)11-2-3-11/h4-8,11,16,20,23,28H,2-3,10H2,1H3,(H,26,27)/t16-,20?,23?/m1/s1. The first-order valence-corrected chi connectivity index (χ1v) is 10.9. The van der Waals surface area contributed by atoms with Crippen LogP contribution in [0.25, 0.3) is 10.9 Å². The van der Waals surface area contributed by atoms with Crippen LogP contribution in [0.1, 0.15) is 30.1 Å². The summed E-state index contributed by atoms with van der Waals surface area (Å²) in [5.41, 5.74) is 3.78. The second-order valence-electron chi connectivity index (χ2n) is 8.49. The number of hydrogen-bond donors (Lipinski definition) is 2. The highest BCUT2D eigenvalue weighted by Gasteiger charge is 2.48. The maximum atomic E-state index is 13.2. The second-order valence-corrected chi connectivity index (χ2v) is 8.85. The Bertz CT molecular complexity index is 1360. The van der Waals surface area contributed by atoms with E-state index in [1.807, 2.05) is 18.2 Å². The zero-order valence-electron chi connectivity index (χ0n) is 17.3. The van der Waals surface area contributed by atoms with Crippen molar-refractivity contribution in [3.05, 3.63) is 57.1 Å². The minimum Gasteiger partial charge on any atom is -0.379 e. The van der Waals surface area contributed by atoms with Gasteiger partial charge in [0, 0.05) is 24.3 Å². The van der Waals surface area contributed by atoms with E-state index in [2.05, 4.69) is 21.7 Å².